The molecule has 0 aliphatic rings. The predicted octanol–water partition coefficient (Wildman–Crippen LogP) is 17.6. The fraction of sp³-hybridized carbons (Fsp3) is 0.365. The van der Waals surface area contributed by atoms with Crippen molar-refractivity contribution in [3.63, 3.8) is 0 Å². The molecule has 14 aromatic rings. The number of H-pyrrole nitrogens is 1. The van der Waals surface area contributed by atoms with Crippen LogP contribution in [0.1, 0.15) is 181 Å². The number of nitrogen functional groups attached to an aromatic ring is 1. The van der Waals surface area contributed by atoms with Gasteiger partial charge in [-0.05, 0) is 176 Å². The van der Waals surface area contributed by atoms with E-state index < -0.39 is 16.6 Å². The lowest BCUT2D eigenvalue weighted by Gasteiger charge is -2.08. The van der Waals surface area contributed by atoms with E-state index in [0.717, 1.165) is 55.9 Å². The molecule has 103 heavy (non-hydrogen) atoms. The quantitative estimate of drug-likeness (QED) is 0.0949. The molecule has 14 rings (SSSR count). The van der Waals surface area contributed by atoms with Gasteiger partial charge in [0.2, 0.25) is 5.95 Å². The number of imidazole rings is 5. The summed E-state index contributed by atoms with van der Waals surface area (Å²) in [7, 11) is 0. The molecule has 10 aromatic heterocycles. The number of fused-ring (bicyclic) bond motifs is 6. The zero-order chi connectivity index (χ0) is 75.8. The second kappa shape index (κ2) is 35.2. The number of aromatic amines is 1. The van der Waals surface area contributed by atoms with Gasteiger partial charge in [0.1, 0.15) is 34.5 Å². The maximum absolute atomic E-state index is 13.4. The molecule has 0 aliphatic carbocycles. The number of rotatable bonds is 10. The summed E-state index contributed by atoms with van der Waals surface area (Å²) in [6, 6.07) is 23.1. The maximum atomic E-state index is 13.4. The molecule has 3 N–H and O–H groups in total. The smallest absolute Gasteiger partial charge is 0.286 e. The van der Waals surface area contributed by atoms with Gasteiger partial charge < -0.3 is 42.7 Å². The molecule has 26 nitrogen and oxygen atoms in total. The average Bonchev–Trinajstić information content (AvgIpc) is 1.71. The van der Waals surface area contributed by atoms with Gasteiger partial charge in [-0.1, -0.05) is 32.0 Å². The van der Waals surface area contributed by atoms with Crippen molar-refractivity contribution in [2.45, 2.75) is 180 Å². The standard InChI is InChI=1S/C11H13FN2.C11H12N2O2.C11H14N2.C10H12F2.C8H11N5.C8H10N4O.C8H10N4.C7H10N2O2/c1-7(2)14-6-13-11-9(12)4-8(3)5-10(11)14;1-8(2)12-6-5-9-7-10(13(14)15)3-4-11(9)12;1-8(2)13-7-12-11-9(3)5-4-6-10(11)13;1-6(2)8-4-7(3)9(11)5-10(8)12;1-5(2)13-4-11-6-3-10-8(9)12-7(6)13;1-5(2)12-4-11-6-7(12)9-3-10-8(6)13;1-6(2)12-5-11-7-3-9-4-10-8(7)12;1-6(2)8-4-3-7(5-8)9(10)11/h4-7H,1-3H3;3-8H,1-2H3;4-8H,1-3H3;4-6H,1-3H3;3-5H,1-2H3,(H2,9,10,12);3-5H,1-2H3,(H,9,10,13);3-6H,1-2H3;3-6H,1-2H3. The largest absolute Gasteiger partial charge is 0.368 e. The molecular weight excluding hydrogens is 1320 g/mol. The third kappa shape index (κ3) is 19.9. The zero-order valence-electron chi connectivity index (χ0n) is 61.7. The van der Waals surface area contributed by atoms with E-state index in [1.165, 1.54) is 35.7 Å². The van der Waals surface area contributed by atoms with Gasteiger partial charge in [-0.25, -0.2) is 58.0 Å². The Bertz CT molecular complexity index is 5190. The van der Waals surface area contributed by atoms with Gasteiger partial charge in [0, 0.05) is 89.9 Å². The number of benzene rings is 4. The van der Waals surface area contributed by atoms with Crippen LogP contribution in [0, 0.1) is 58.5 Å². The number of para-hydroxylation sites is 1. The summed E-state index contributed by atoms with van der Waals surface area (Å²) in [4.78, 5) is 74.7. The summed E-state index contributed by atoms with van der Waals surface area (Å²) in [5, 5.41) is 21.7. The first kappa shape index (κ1) is 78.8. The predicted molar refractivity (Wildman–Crippen MR) is 400 cm³/mol. The number of nitro groups is 2. The van der Waals surface area contributed by atoms with E-state index in [-0.39, 0.29) is 51.6 Å². The van der Waals surface area contributed by atoms with Gasteiger partial charge in [0.15, 0.2) is 28.3 Å². The number of hydrogen-bond donors (Lipinski definition) is 2. The summed E-state index contributed by atoms with van der Waals surface area (Å²) >= 11 is 0. The van der Waals surface area contributed by atoms with E-state index in [2.05, 4.69) is 158 Å². The molecule has 0 saturated carbocycles. The molecule has 0 bridgehead atoms. The van der Waals surface area contributed by atoms with Crippen LogP contribution in [0.3, 0.4) is 0 Å². The van der Waals surface area contributed by atoms with Crippen LogP contribution in [0.2, 0.25) is 0 Å². The third-order valence-electron chi connectivity index (χ3n) is 16.2. The number of nitro benzene ring substituents is 1. The van der Waals surface area contributed by atoms with Gasteiger partial charge in [-0.2, -0.15) is 4.98 Å². The SMILES string of the molecule is CC(C)n1ccc([N+](=O)[O-])c1.CC(C)n1ccc2cc([N+](=O)[O-])ccc21.CC(C)n1cnc2c(=O)[nH]cnc21.CC(C)n1cnc2cnc(N)nc21.CC(C)n1cnc2cncnc21.Cc1cc(C(C)C)c(F)cc1F.Cc1cc(F)c2ncn(C(C)C)c2c1.Cc1cccc2c1ncn2C(C)C. The minimum atomic E-state index is -0.475. The second-order valence-electron chi connectivity index (χ2n) is 26.6. The first-order valence-corrected chi connectivity index (χ1v) is 33.7. The normalized spacial score (nSPS) is 11.2. The number of anilines is 1. The molecular formula is C74H92F3N21O5. The molecule has 0 unspecified atom stereocenters. The Labute approximate surface area is 594 Å². The fourth-order valence-electron chi connectivity index (χ4n) is 10.5. The summed E-state index contributed by atoms with van der Waals surface area (Å²) in [6.07, 6.45) is 20.3. The first-order chi connectivity index (χ1) is 48.7. The van der Waals surface area contributed by atoms with Crippen molar-refractivity contribution < 1.29 is 23.0 Å². The Morgan fingerprint density at radius 2 is 1.04 bits per heavy atom. The van der Waals surface area contributed by atoms with Gasteiger partial charge in [0.25, 0.3) is 16.9 Å². The van der Waals surface area contributed by atoms with Crippen molar-refractivity contribution in [3.8, 4) is 0 Å². The Kier molecular flexibility index (Phi) is 26.9. The third-order valence-corrected chi connectivity index (χ3v) is 16.2. The number of nitrogens with one attached hydrogen (secondary N) is 1. The van der Waals surface area contributed by atoms with E-state index >= 15 is 0 Å². The molecule has 29 heteroatoms. The van der Waals surface area contributed by atoms with Gasteiger partial charge >= 0.3 is 0 Å². The molecule has 0 aliphatic heterocycles. The van der Waals surface area contributed by atoms with E-state index in [0.29, 0.717) is 58.0 Å². The van der Waals surface area contributed by atoms with Crippen molar-refractivity contribution in [1.29, 1.82) is 0 Å². The number of hydrogen-bond acceptors (Lipinski definition) is 16. The Balaban J connectivity index is 0.000000165. The van der Waals surface area contributed by atoms with E-state index in [1.807, 2.05) is 91.4 Å². The van der Waals surface area contributed by atoms with Crippen molar-refractivity contribution >= 4 is 83.8 Å². The molecule has 0 spiro atoms. The molecule has 544 valence electrons. The number of halogens is 3. The number of non-ortho nitro benzene ring substituents is 1. The average molecular weight is 1410 g/mol. The first-order valence-electron chi connectivity index (χ1n) is 33.7. The molecule has 0 radical (unpaired) electrons. The molecule has 0 fully saturated rings. The fourth-order valence-corrected chi connectivity index (χ4v) is 10.5. The number of nitrogens with zero attached hydrogens (tertiary/aromatic N) is 19. The summed E-state index contributed by atoms with van der Waals surface area (Å²) < 4.78 is 53.2. The van der Waals surface area contributed by atoms with Crippen LogP contribution in [0.25, 0.3) is 66.5 Å². The lowest BCUT2D eigenvalue weighted by atomic mass is 10.0. The van der Waals surface area contributed by atoms with Crippen LogP contribution in [-0.2, 0) is 0 Å². The van der Waals surface area contributed by atoms with Crippen molar-refractivity contribution in [3.05, 3.63) is 218 Å². The highest BCUT2D eigenvalue weighted by Gasteiger charge is 2.15. The molecule has 0 amide bonds. The van der Waals surface area contributed by atoms with Crippen LogP contribution in [-0.4, -0.2) is 96.6 Å². The minimum Gasteiger partial charge on any atom is -0.368 e. The lowest BCUT2D eigenvalue weighted by Crippen LogP contribution is -2.08. The van der Waals surface area contributed by atoms with Crippen molar-refractivity contribution in [2.24, 2.45) is 0 Å². The van der Waals surface area contributed by atoms with Gasteiger partial charge in [-0.15, -0.1) is 0 Å². The monoisotopic (exact) mass is 1410 g/mol. The highest BCUT2D eigenvalue weighted by Crippen LogP contribution is 2.27. The number of aryl methyl sites for hydroxylation is 3. The second-order valence-corrected chi connectivity index (χ2v) is 26.6. The van der Waals surface area contributed by atoms with Crippen molar-refractivity contribution in [2.75, 3.05) is 5.73 Å². The number of nitrogens with two attached hydrogens (primary N) is 1. The molecule has 0 saturated heterocycles. The van der Waals surface area contributed by atoms with Crippen LogP contribution in [0.4, 0.5) is 30.5 Å². The van der Waals surface area contributed by atoms with Gasteiger partial charge in [0.05, 0.1) is 83.0 Å². The van der Waals surface area contributed by atoms with Crippen LogP contribution >= 0.6 is 0 Å². The highest BCUT2D eigenvalue weighted by molar-refractivity contribution is 5.83. The Hall–Kier alpha value is -11.5. The summed E-state index contributed by atoms with van der Waals surface area (Å²) in [6.45, 7) is 38.3. The number of aromatic nitrogens is 18. The zero-order valence-corrected chi connectivity index (χ0v) is 61.7. The van der Waals surface area contributed by atoms with Crippen molar-refractivity contribution in [1.82, 2.24) is 86.8 Å². The minimum absolute atomic E-state index is 0.101. The topological polar surface area (TPSA) is 309 Å². The van der Waals surface area contributed by atoms with Crippen LogP contribution in [0.5, 0.6) is 0 Å². The Morgan fingerprint density at radius 3 is 1.62 bits per heavy atom. The van der Waals surface area contributed by atoms with Gasteiger partial charge in [-0.3, -0.25) is 25.0 Å². The van der Waals surface area contributed by atoms with Crippen LogP contribution in [0.15, 0.2) is 153 Å². The molecule has 10 heterocycles. The molecule has 0 atom stereocenters. The lowest BCUT2D eigenvalue weighted by molar-refractivity contribution is -0.385. The summed E-state index contributed by atoms with van der Waals surface area (Å²) in [5.41, 5.74) is 17.9. The molecule has 4 aromatic carbocycles. The van der Waals surface area contributed by atoms with E-state index in [4.69, 9.17) is 5.73 Å². The summed E-state index contributed by atoms with van der Waals surface area (Å²) in [5.74, 6) is -0.774. The van der Waals surface area contributed by atoms with Crippen LogP contribution < -0.4 is 11.3 Å². The van der Waals surface area contributed by atoms with E-state index in [1.54, 1.807) is 86.0 Å². The van der Waals surface area contributed by atoms with E-state index in [9.17, 15) is 38.2 Å². The highest BCUT2D eigenvalue weighted by atomic mass is 19.1. The Morgan fingerprint density at radius 1 is 0.476 bits per heavy atom. The maximum Gasteiger partial charge on any atom is 0.286 e.